The maximum atomic E-state index is 11.9. The predicted molar refractivity (Wildman–Crippen MR) is 73.1 cm³/mol. The molecule has 6 nitrogen and oxygen atoms in total. The lowest BCUT2D eigenvalue weighted by molar-refractivity contribution is -0.140. The smallest absolute Gasteiger partial charge is 0.326 e. The zero-order valence-corrected chi connectivity index (χ0v) is 12.3. The fourth-order valence-electron chi connectivity index (χ4n) is 1.55. The second-order valence-corrected chi connectivity index (χ2v) is 5.79. The third kappa shape index (κ3) is 4.51. The number of hydrogen-bond acceptors (Lipinski definition) is 4. The van der Waals surface area contributed by atoms with Gasteiger partial charge < -0.3 is 15.3 Å². The van der Waals surface area contributed by atoms with Crippen molar-refractivity contribution in [3.05, 3.63) is 16.1 Å². The summed E-state index contributed by atoms with van der Waals surface area (Å²) in [5.74, 6) is -1.20. The normalized spacial score (nSPS) is 12.3. The molecule has 0 aliphatic heterocycles. The first kappa shape index (κ1) is 15.4. The first-order valence-electron chi connectivity index (χ1n) is 5.96. The number of carboxylic acid groups (broad SMARTS) is 1. The first-order valence-corrected chi connectivity index (χ1v) is 6.84. The molecule has 0 spiro atoms. The van der Waals surface area contributed by atoms with Gasteiger partial charge in [0, 0.05) is 12.4 Å². The molecular formula is C12H19N3O3S. The minimum Gasteiger partial charge on any atom is -0.480 e. The lowest BCUT2D eigenvalue weighted by atomic mass is 10.1. The number of aliphatic carboxylic acids is 1. The van der Waals surface area contributed by atoms with Crippen LogP contribution in [-0.2, 0) is 11.3 Å². The number of aryl methyl sites for hydroxylation is 1. The van der Waals surface area contributed by atoms with Gasteiger partial charge in [0.2, 0.25) is 0 Å². The van der Waals surface area contributed by atoms with E-state index in [2.05, 4.69) is 10.3 Å². The molecule has 1 aromatic rings. The lowest BCUT2D eigenvalue weighted by Crippen LogP contribution is -2.48. The van der Waals surface area contributed by atoms with Crippen LogP contribution < -0.4 is 5.32 Å². The summed E-state index contributed by atoms with van der Waals surface area (Å²) in [5.41, 5.74) is 0.802. The van der Waals surface area contributed by atoms with Crippen LogP contribution in [0.5, 0.6) is 0 Å². The van der Waals surface area contributed by atoms with Crippen molar-refractivity contribution in [2.45, 2.75) is 33.4 Å². The van der Waals surface area contributed by atoms with E-state index < -0.39 is 18.0 Å². The Balaban J connectivity index is 2.59. The SMILES string of the molecule is Cc1nc(CN(C)C(=O)N[C@H](C(=O)O)C(C)C)cs1. The van der Waals surface area contributed by atoms with Gasteiger partial charge in [0.1, 0.15) is 6.04 Å². The van der Waals surface area contributed by atoms with Crippen molar-refractivity contribution in [2.75, 3.05) is 7.05 Å². The van der Waals surface area contributed by atoms with E-state index in [-0.39, 0.29) is 5.92 Å². The molecule has 2 amide bonds. The van der Waals surface area contributed by atoms with Crippen molar-refractivity contribution in [1.29, 1.82) is 0 Å². The Morgan fingerprint density at radius 3 is 2.58 bits per heavy atom. The number of rotatable bonds is 5. The van der Waals surface area contributed by atoms with Gasteiger partial charge in [-0.1, -0.05) is 13.8 Å². The Bertz CT molecular complexity index is 459. The molecule has 7 heteroatoms. The summed E-state index contributed by atoms with van der Waals surface area (Å²) >= 11 is 1.52. The lowest BCUT2D eigenvalue weighted by Gasteiger charge is -2.22. The molecule has 0 aliphatic carbocycles. The van der Waals surface area contributed by atoms with Crippen LogP contribution in [0.2, 0.25) is 0 Å². The number of thiazole rings is 1. The van der Waals surface area contributed by atoms with E-state index in [0.717, 1.165) is 10.7 Å². The zero-order chi connectivity index (χ0) is 14.6. The molecule has 106 valence electrons. The largest absolute Gasteiger partial charge is 0.480 e. The van der Waals surface area contributed by atoms with Crippen LogP contribution in [0.3, 0.4) is 0 Å². The van der Waals surface area contributed by atoms with Crippen LogP contribution in [0.15, 0.2) is 5.38 Å². The third-order valence-corrected chi connectivity index (χ3v) is 3.45. The van der Waals surface area contributed by atoms with Crippen LogP contribution in [0.25, 0.3) is 0 Å². The summed E-state index contributed by atoms with van der Waals surface area (Å²) in [5, 5.41) is 14.4. The van der Waals surface area contributed by atoms with E-state index >= 15 is 0 Å². The first-order chi connectivity index (χ1) is 8.81. The van der Waals surface area contributed by atoms with Gasteiger partial charge in [-0.3, -0.25) is 0 Å². The number of hydrogen-bond donors (Lipinski definition) is 2. The topological polar surface area (TPSA) is 82.5 Å². The zero-order valence-electron chi connectivity index (χ0n) is 11.5. The highest BCUT2D eigenvalue weighted by atomic mass is 32.1. The van der Waals surface area contributed by atoms with E-state index in [0.29, 0.717) is 6.54 Å². The van der Waals surface area contributed by atoms with E-state index in [4.69, 9.17) is 5.11 Å². The van der Waals surface area contributed by atoms with Crippen molar-refractivity contribution in [3.8, 4) is 0 Å². The maximum Gasteiger partial charge on any atom is 0.326 e. The number of carbonyl (C=O) groups excluding carboxylic acids is 1. The van der Waals surface area contributed by atoms with Crippen molar-refractivity contribution in [3.63, 3.8) is 0 Å². The third-order valence-electron chi connectivity index (χ3n) is 2.62. The van der Waals surface area contributed by atoms with E-state index in [9.17, 15) is 9.59 Å². The molecule has 0 aliphatic rings. The highest BCUT2D eigenvalue weighted by Gasteiger charge is 2.24. The number of urea groups is 1. The van der Waals surface area contributed by atoms with Crippen molar-refractivity contribution >= 4 is 23.3 Å². The maximum absolute atomic E-state index is 11.9. The van der Waals surface area contributed by atoms with Crippen molar-refractivity contribution < 1.29 is 14.7 Å². The molecule has 0 unspecified atom stereocenters. The second kappa shape index (κ2) is 6.51. The molecule has 0 saturated heterocycles. The van der Waals surface area contributed by atoms with Crippen LogP contribution >= 0.6 is 11.3 Å². The summed E-state index contributed by atoms with van der Waals surface area (Å²) < 4.78 is 0. The number of nitrogens with one attached hydrogen (secondary N) is 1. The molecule has 0 fully saturated rings. The number of nitrogens with zero attached hydrogens (tertiary/aromatic N) is 2. The summed E-state index contributed by atoms with van der Waals surface area (Å²) in [6.45, 7) is 5.76. The quantitative estimate of drug-likeness (QED) is 0.862. The molecule has 1 aromatic heterocycles. The molecule has 0 saturated carbocycles. The predicted octanol–water partition coefficient (Wildman–Crippen LogP) is 1.70. The van der Waals surface area contributed by atoms with Gasteiger partial charge in [0.15, 0.2) is 0 Å². The van der Waals surface area contributed by atoms with Gasteiger partial charge in [0.25, 0.3) is 0 Å². The molecule has 0 aromatic carbocycles. The second-order valence-electron chi connectivity index (χ2n) is 4.72. The fraction of sp³-hybridized carbons (Fsp3) is 0.583. The summed E-state index contributed by atoms with van der Waals surface area (Å²) in [6.07, 6.45) is 0. The standard InChI is InChI=1S/C12H19N3O3S/c1-7(2)10(11(16)17)14-12(18)15(4)5-9-6-19-8(3)13-9/h6-7,10H,5H2,1-4H3,(H,14,18)(H,16,17)/t10-/m0/s1. The minimum atomic E-state index is -1.03. The van der Waals surface area contributed by atoms with E-state index in [1.807, 2.05) is 12.3 Å². The molecule has 0 radical (unpaired) electrons. The summed E-state index contributed by atoms with van der Waals surface area (Å²) in [6, 6.07) is -1.29. The minimum absolute atomic E-state index is 0.170. The highest BCUT2D eigenvalue weighted by molar-refractivity contribution is 7.09. The molecule has 19 heavy (non-hydrogen) atoms. The van der Waals surface area contributed by atoms with Gasteiger partial charge in [-0.15, -0.1) is 11.3 Å². The van der Waals surface area contributed by atoms with E-state index in [1.54, 1.807) is 20.9 Å². The molecular weight excluding hydrogens is 266 g/mol. The Morgan fingerprint density at radius 1 is 1.53 bits per heavy atom. The van der Waals surface area contributed by atoms with Crippen molar-refractivity contribution in [2.24, 2.45) is 5.92 Å². The van der Waals surface area contributed by atoms with Gasteiger partial charge in [0.05, 0.1) is 17.2 Å². The Morgan fingerprint density at radius 2 is 2.16 bits per heavy atom. The highest BCUT2D eigenvalue weighted by Crippen LogP contribution is 2.10. The average Bonchev–Trinajstić information content (AvgIpc) is 2.70. The number of amides is 2. The van der Waals surface area contributed by atoms with Crippen LogP contribution in [0, 0.1) is 12.8 Å². The van der Waals surface area contributed by atoms with Crippen molar-refractivity contribution in [1.82, 2.24) is 15.2 Å². The summed E-state index contributed by atoms with van der Waals surface area (Å²) in [7, 11) is 1.61. The molecule has 1 rings (SSSR count). The van der Waals surface area contributed by atoms with E-state index in [1.165, 1.54) is 16.2 Å². The Hall–Kier alpha value is -1.63. The Kier molecular flexibility index (Phi) is 5.29. The number of carboxylic acids is 1. The molecule has 1 atom stereocenters. The average molecular weight is 285 g/mol. The summed E-state index contributed by atoms with van der Waals surface area (Å²) in [4.78, 5) is 28.6. The Labute approximate surface area is 116 Å². The number of carbonyl (C=O) groups is 2. The van der Waals surface area contributed by atoms with Crippen LogP contribution in [-0.4, -0.2) is 40.1 Å². The number of aromatic nitrogens is 1. The molecule has 1 heterocycles. The van der Waals surface area contributed by atoms with Gasteiger partial charge >= 0.3 is 12.0 Å². The monoisotopic (exact) mass is 285 g/mol. The van der Waals surface area contributed by atoms with Gasteiger partial charge in [-0.2, -0.15) is 0 Å². The van der Waals surface area contributed by atoms with Gasteiger partial charge in [-0.05, 0) is 12.8 Å². The van der Waals surface area contributed by atoms with Gasteiger partial charge in [-0.25, -0.2) is 14.6 Å². The van der Waals surface area contributed by atoms with Crippen LogP contribution in [0.4, 0.5) is 4.79 Å². The molecule has 0 bridgehead atoms. The van der Waals surface area contributed by atoms with Crippen LogP contribution in [0.1, 0.15) is 24.5 Å². The fourth-order valence-corrected chi connectivity index (χ4v) is 2.16. The molecule has 2 N–H and O–H groups in total.